The molecule has 2 aromatic rings. The van der Waals surface area contributed by atoms with Gasteiger partial charge in [0.2, 0.25) is 5.91 Å². The van der Waals surface area contributed by atoms with Gasteiger partial charge in [0.1, 0.15) is 11.6 Å². The summed E-state index contributed by atoms with van der Waals surface area (Å²) in [5.41, 5.74) is 1.72. The van der Waals surface area contributed by atoms with Gasteiger partial charge in [0.15, 0.2) is 0 Å². The Morgan fingerprint density at radius 3 is 2.71 bits per heavy atom. The SMILES string of the molecule is Cl.O=C(Nc1ccc2c(c1F)CCNC2)c1cc(N2CCCC2=O)ccc1F. The Kier molecular flexibility index (Phi) is 5.96. The van der Waals surface area contributed by atoms with E-state index in [0.29, 0.717) is 43.7 Å². The van der Waals surface area contributed by atoms with Crippen LogP contribution in [0, 0.1) is 11.6 Å². The molecule has 0 spiro atoms. The van der Waals surface area contributed by atoms with Crippen LogP contribution in [-0.4, -0.2) is 24.9 Å². The number of hydrogen-bond donors (Lipinski definition) is 2. The van der Waals surface area contributed by atoms with Gasteiger partial charge in [0.25, 0.3) is 5.91 Å². The van der Waals surface area contributed by atoms with Crippen molar-refractivity contribution >= 4 is 35.6 Å². The summed E-state index contributed by atoms with van der Waals surface area (Å²) in [4.78, 5) is 26.0. The van der Waals surface area contributed by atoms with Crippen LogP contribution in [0.2, 0.25) is 0 Å². The Balaban J connectivity index is 0.00000225. The van der Waals surface area contributed by atoms with Crippen LogP contribution >= 0.6 is 12.4 Å². The molecule has 2 aliphatic heterocycles. The smallest absolute Gasteiger partial charge is 0.258 e. The average Bonchev–Trinajstić information content (AvgIpc) is 3.10. The summed E-state index contributed by atoms with van der Waals surface area (Å²) < 4.78 is 28.9. The summed E-state index contributed by atoms with van der Waals surface area (Å²) in [7, 11) is 0. The molecule has 148 valence electrons. The van der Waals surface area contributed by atoms with E-state index in [-0.39, 0.29) is 29.6 Å². The highest BCUT2D eigenvalue weighted by Gasteiger charge is 2.24. The van der Waals surface area contributed by atoms with Gasteiger partial charge in [0.05, 0.1) is 11.3 Å². The molecule has 2 heterocycles. The zero-order chi connectivity index (χ0) is 19.0. The standard InChI is InChI=1S/C20H19F2N3O2.ClH/c21-16-5-4-13(25-9-1-2-18(25)26)10-15(16)20(27)24-17-6-3-12-11-23-8-7-14(12)19(17)22;/h3-6,10,23H,1-2,7-9,11H2,(H,24,27);1H. The summed E-state index contributed by atoms with van der Waals surface area (Å²) in [6.07, 6.45) is 1.70. The zero-order valence-corrected chi connectivity index (χ0v) is 15.9. The van der Waals surface area contributed by atoms with Gasteiger partial charge in [-0.2, -0.15) is 0 Å². The average molecular weight is 408 g/mol. The highest BCUT2D eigenvalue weighted by molar-refractivity contribution is 6.06. The van der Waals surface area contributed by atoms with E-state index in [1.807, 2.05) is 0 Å². The van der Waals surface area contributed by atoms with Crippen LogP contribution in [0.1, 0.15) is 34.3 Å². The molecule has 2 aromatic carbocycles. The largest absolute Gasteiger partial charge is 0.319 e. The topological polar surface area (TPSA) is 61.4 Å². The van der Waals surface area contributed by atoms with E-state index in [1.165, 1.54) is 23.1 Å². The predicted molar refractivity (Wildman–Crippen MR) is 105 cm³/mol. The van der Waals surface area contributed by atoms with Crippen LogP contribution in [0.25, 0.3) is 0 Å². The van der Waals surface area contributed by atoms with Gasteiger partial charge in [-0.15, -0.1) is 12.4 Å². The van der Waals surface area contributed by atoms with Crippen molar-refractivity contribution in [3.05, 3.63) is 58.7 Å². The van der Waals surface area contributed by atoms with Gasteiger partial charge in [-0.1, -0.05) is 6.07 Å². The van der Waals surface area contributed by atoms with Gasteiger partial charge in [0, 0.05) is 25.2 Å². The number of rotatable bonds is 3. The van der Waals surface area contributed by atoms with E-state index in [1.54, 1.807) is 6.07 Å². The normalized spacial score (nSPS) is 15.8. The maximum atomic E-state index is 14.7. The van der Waals surface area contributed by atoms with E-state index in [2.05, 4.69) is 10.6 Å². The molecule has 0 atom stereocenters. The molecule has 2 N–H and O–H groups in total. The number of carbonyl (C=O) groups is 2. The first-order valence-electron chi connectivity index (χ1n) is 8.97. The van der Waals surface area contributed by atoms with Crippen molar-refractivity contribution in [1.29, 1.82) is 0 Å². The summed E-state index contributed by atoms with van der Waals surface area (Å²) in [5.74, 6) is -1.99. The maximum absolute atomic E-state index is 14.7. The Labute approximate surface area is 167 Å². The third-order valence-corrected chi connectivity index (χ3v) is 5.04. The molecule has 0 bridgehead atoms. The zero-order valence-electron chi connectivity index (χ0n) is 15.1. The Hall–Kier alpha value is -2.51. The third kappa shape index (κ3) is 3.72. The molecule has 1 saturated heterocycles. The molecule has 4 rings (SSSR count). The molecule has 8 heteroatoms. The van der Waals surface area contributed by atoms with Gasteiger partial charge in [-0.3, -0.25) is 9.59 Å². The lowest BCUT2D eigenvalue weighted by molar-refractivity contribution is -0.117. The van der Waals surface area contributed by atoms with Gasteiger partial charge < -0.3 is 15.5 Å². The van der Waals surface area contributed by atoms with Crippen LogP contribution in [0.5, 0.6) is 0 Å². The van der Waals surface area contributed by atoms with E-state index in [9.17, 15) is 18.4 Å². The molecular weight excluding hydrogens is 388 g/mol. The van der Waals surface area contributed by atoms with Crippen molar-refractivity contribution in [2.24, 2.45) is 0 Å². The minimum Gasteiger partial charge on any atom is -0.319 e. The van der Waals surface area contributed by atoms with E-state index >= 15 is 0 Å². The highest BCUT2D eigenvalue weighted by atomic mass is 35.5. The van der Waals surface area contributed by atoms with E-state index < -0.39 is 17.5 Å². The van der Waals surface area contributed by atoms with Crippen LogP contribution in [0.4, 0.5) is 20.2 Å². The summed E-state index contributed by atoms with van der Waals surface area (Å²) in [5, 5.41) is 5.63. The number of carbonyl (C=O) groups excluding carboxylic acids is 2. The highest BCUT2D eigenvalue weighted by Crippen LogP contribution is 2.27. The number of fused-ring (bicyclic) bond motifs is 1. The van der Waals surface area contributed by atoms with Crippen molar-refractivity contribution < 1.29 is 18.4 Å². The molecule has 1 fully saturated rings. The second-order valence-electron chi connectivity index (χ2n) is 6.76. The lowest BCUT2D eigenvalue weighted by atomic mass is 9.99. The van der Waals surface area contributed by atoms with Gasteiger partial charge in [-0.05, 0) is 54.8 Å². The van der Waals surface area contributed by atoms with Crippen molar-refractivity contribution in [3.63, 3.8) is 0 Å². The van der Waals surface area contributed by atoms with Crippen LogP contribution < -0.4 is 15.5 Å². The lowest BCUT2D eigenvalue weighted by Gasteiger charge is -2.20. The molecule has 0 aliphatic carbocycles. The van der Waals surface area contributed by atoms with Crippen LogP contribution in [0.15, 0.2) is 30.3 Å². The maximum Gasteiger partial charge on any atom is 0.258 e. The molecule has 0 radical (unpaired) electrons. The fraction of sp³-hybridized carbons (Fsp3) is 0.300. The molecule has 5 nitrogen and oxygen atoms in total. The first-order chi connectivity index (χ1) is 13.0. The number of amides is 2. The minimum atomic E-state index is -0.742. The molecule has 2 aliphatic rings. The fourth-order valence-electron chi connectivity index (χ4n) is 3.60. The summed E-state index contributed by atoms with van der Waals surface area (Å²) >= 11 is 0. The predicted octanol–water partition coefficient (Wildman–Crippen LogP) is 3.41. The molecule has 0 aromatic heterocycles. The van der Waals surface area contributed by atoms with Gasteiger partial charge in [-0.25, -0.2) is 8.78 Å². The minimum absolute atomic E-state index is 0. The van der Waals surface area contributed by atoms with Crippen molar-refractivity contribution in [2.75, 3.05) is 23.3 Å². The summed E-state index contributed by atoms with van der Waals surface area (Å²) in [6.45, 7) is 1.79. The van der Waals surface area contributed by atoms with E-state index in [0.717, 1.165) is 18.1 Å². The second kappa shape index (κ2) is 8.24. The fourth-order valence-corrected chi connectivity index (χ4v) is 3.60. The first kappa shape index (κ1) is 20.2. The van der Waals surface area contributed by atoms with Gasteiger partial charge >= 0.3 is 0 Å². The third-order valence-electron chi connectivity index (χ3n) is 5.04. The second-order valence-corrected chi connectivity index (χ2v) is 6.76. The first-order valence-corrected chi connectivity index (χ1v) is 8.97. The van der Waals surface area contributed by atoms with Crippen molar-refractivity contribution in [2.45, 2.75) is 25.8 Å². The van der Waals surface area contributed by atoms with Crippen molar-refractivity contribution in [3.8, 4) is 0 Å². The number of benzene rings is 2. The quantitative estimate of drug-likeness (QED) is 0.819. The van der Waals surface area contributed by atoms with E-state index in [4.69, 9.17) is 0 Å². The Morgan fingerprint density at radius 1 is 1.14 bits per heavy atom. The number of halogens is 3. The number of anilines is 2. The molecular formula is C20H20ClF2N3O2. The number of hydrogen-bond acceptors (Lipinski definition) is 3. The van der Waals surface area contributed by atoms with Crippen molar-refractivity contribution in [1.82, 2.24) is 5.32 Å². The van der Waals surface area contributed by atoms with Crippen LogP contribution in [-0.2, 0) is 17.8 Å². The van der Waals surface area contributed by atoms with Crippen LogP contribution in [0.3, 0.4) is 0 Å². The number of nitrogens with one attached hydrogen (secondary N) is 2. The number of nitrogens with zero attached hydrogens (tertiary/aromatic N) is 1. The molecule has 0 saturated carbocycles. The summed E-state index contributed by atoms with van der Waals surface area (Å²) in [6, 6.07) is 7.22. The lowest BCUT2D eigenvalue weighted by Crippen LogP contribution is -2.26. The molecule has 28 heavy (non-hydrogen) atoms. The Bertz CT molecular complexity index is 936. The Morgan fingerprint density at radius 2 is 1.96 bits per heavy atom. The monoisotopic (exact) mass is 407 g/mol. The molecule has 2 amide bonds. The molecule has 0 unspecified atom stereocenters.